The second kappa shape index (κ2) is 7.44. The van der Waals surface area contributed by atoms with E-state index in [0.29, 0.717) is 0 Å². The highest BCUT2D eigenvalue weighted by atomic mass is 32.2. The molecule has 90 valence electrons. The normalized spacial score (nSPS) is 10.4. The van der Waals surface area contributed by atoms with Gasteiger partial charge in [0, 0.05) is 4.90 Å². The SMILES string of the molecule is CCCCSc1cccc(OCCC)c1N. The Morgan fingerprint density at radius 3 is 2.75 bits per heavy atom. The fourth-order valence-corrected chi connectivity index (χ4v) is 2.40. The molecule has 0 saturated heterocycles. The largest absolute Gasteiger partial charge is 0.491 e. The van der Waals surface area contributed by atoms with E-state index in [2.05, 4.69) is 19.9 Å². The van der Waals surface area contributed by atoms with Gasteiger partial charge in [-0.2, -0.15) is 0 Å². The van der Waals surface area contributed by atoms with Crippen molar-refractivity contribution in [3.05, 3.63) is 18.2 Å². The van der Waals surface area contributed by atoms with Crippen molar-refractivity contribution in [1.29, 1.82) is 0 Å². The van der Waals surface area contributed by atoms with E-state index in [1.807, 2.05) is 23.9 Å². The molecule has 2 nitrogen and oxygen atoms in total. The van der Waals surface area contributed by atoms with Gasteiger partial charge in [-0.05, 0) is 30.7 Å². The van der Waals surface area contributed by atoms with Gasteiger partial charge in [-0.3, -0.25) is 0 Å². The predicted octanol–water partition coefficient (Wildman–Crippen LogP) is 3.95. The lowest BCUT2D eigenvalue weighted by molar-refractivity contribution is 0.318. The summed E-state index contributed by atoms with van der Waals surface area (Å²) < 4.78 is 5.59. The topological polar surface area (TPSA) is 35.2 Å². The number of ether oxygens (including phenoxy) is 1. The van der Waals surface area contributed by atoms with Crippen LogP contribution in [0.25, 0.3) is 0 Å². The molecule has 0 radical (unpaired) electrons. The molecule has 1 rings (SSSR count). The van der Waals surface area contributed by atoms with Gasteiger partial charge in [0.1, 0.15) is 5.75 Å². The van der Waals surface area contributed by atoms with Crippen molar-refractivity contribution in [2.24, 2.45) is 0 Å². The van der Waals surface area contributed by atoms with E-state index < -0.39 is 0 Å². The van der Waals surface area contributed by atoms with Crippen LogP contribution in [0.1, 0.15) is 33.1 Å². The van der Waals surface area contributed by atoms with Crippen LogP contribution < -0.4 is 10.5 Å². The fraction of sp³-hybridized carbons (Fsp3) is 0.538. The molecule has 1 aromatic carbocycles. The summed E-state index contributed by atoms with van der Waals surface area (Å²) >= 11 is 1.81. The van der Waals surface area contributed by atoms with Gasteiger partial charge < -0.3 is 10.5 Å². The van der Waals surface area contributed by atoms with E-state index in [1.54, 1.807) is 0 Å². The minimum Gasteiger partial charge on any atom is -0.491 e. The molecular formula is C13H21NOS. The van der Waals surface area contributed by atoms with Crippen molar-refractivity contribution in [2.75, 3.05) is 18.1 Å². The van der Waals surface area contributed by atoms with Gasteiger partial charge in [0.25, 0.3) is 0 Å². The van der Waals surface area contributed by atoms with Crippen LogP contribution in [-0.2, 0) is 0 Å². The van der Waals surface area contributed by atoms with Crippen LogP contribution in [0.4, 0.5) is 5.69 Å². The van der Waals surface area contributed by atoms with Crippen LogP contribution in [-0.4, -0.2) is 12.4 Å². The number of unbranched alkanes of at least 4 members (excludes halogenated alkanes) is 1. The summed E-state index contributed by atoms with van der Waals surface area (Å²) in [4.78, 5) is 1.14. The molecule has 3 heteroatoms. The maximum atomic E-state index is 6.06. The number of hydrogen-bond donors (Lipinski definition) is 1. The highest BCUT2D eigenvalue weighted by molar-refractivity contribution is 7.99. The smallest absolute Gasteiger partial charge is 0.143 e. The Hall–Kier alpha value is -0.830. The first-order chi connectivity index (χ1) is 7.79. The number of anilines is 1. The second-order valence-corrected chi connectivity index (χ2v) is 4.86. The van der Waals surface area contributed by atoms with Gasteiger partial charge in [-0.25, -0.2) is 0 Å². The standard InChI is InChI=1S/C13H21NOS/c1-3-5-10-16-12-8-6-7-11(13(12)14)15-9-4-2/h6-8H,3-5,9-10,14H2,1-2H3. The van der Waals surface area contributed by atoms with Crippen LogP contribution in [0.15, 0.2) is 23.1 Å². The van der Waals surface area contributed by atoms with E-state index >= 15 is 0 Å². The number of para-hydroxylation sites is 1. The average Bonchev–Trinajstić information content (AvgIpc) is 2.30. The van der Waals surface area contributed by atoms with Crippen LogP contribution in [0, 0.1) is 0 Å². The van der Waals surface area contributed by atoms with E-state index in [-0.39, 0.29) is 0 Å². The number of rotatable bonds is 7. The predicted molar refractivity (Wildman–Crippen MR) is 72.3 cm³/mol. The quantitative estimate of drug-likeness (QED) is 0.444. The van der Waals surface area contributed by atoms with E-state index in [4.69, 9.17) is 10.5 Å². The Labute approximate surface area is 103 Å². The number of hydrogen-bond acceptors (Lipinski definition) is 3. The van der Waals surface area contributed by atoms with Crippen LogP contribution in [0.5, 0.6) is 5.75 Å². The molecule has 1 aromatic rings. The first-order valence-electron chi connectivity index (χ1n) is 5.93. The van der Waals surface area contributed by atoms with E-state index in [0.717, 1.165) is 35.1 Å². The molecule has 2 N–H and O–H groups in total. The van der Waals surface area contributed by atoms with Crippen LogP contribution in [0.3, 0.4) is 0 Å². The number of benzene rings is 1. The number of thioether (sulfide) groups is 1. The van der Waals surface area contributed by atoms with Gasteiger partial charge >= 0.3 is 0 Å². The molecule has 0 spiro atoms. The van der Waals surface area contributed by atoms with Crippen molar-refractivity contribution in [3.63, 3.8) is 0 Å². The Kier molecular flexibility index (Phi) is 6.16. The zero-order valence-electron chi connectivity index (χ0n) is 10.2. The summed E-state index contributed by atoms with van der Waals surface area (Å²) in [7, 11) is 0. The van der Waals surface area contributed by atoms with Gasteiger partial charge in [0.2, 0.25) is 0 Å². The molecule has 16 heavy (non-hydrogen) atoms. The highest BCUT2D eigenvalue weighted by Gasteiger charge is 2.05. The van der Waals surface area contributed by atoms with Crippen LogP contribution in [0.2, 0.25) is 0 Å². The number of nitrogen functional groups attached to an aromatic ring is 1. The minimum atomic E-state index is 0.729. The highest BCUT2D eigenvalue weighted by Crippen LogP contribution is 2.33. The third-order valence-corrected chi connectivity index (χ3v) is 3.40. The molecule has 0 atom stereocenters. The molecule has 0 aliphatic heterocycles. The van der Waals surface area contributed by atoms with Crippen molar-refractivity contribution in [3.8, 4) is 5.75 Å². The maximum absolute atomic E-state index is 6.06. The third kappa shape index (κ3) is 3.97. The van der Waals surface area contributed by atoms with E-state index in [9.17, 15) is 0 Å². The Balaban J connectivity index is 2.62. The van der Waals surface area contributed by atoms with Crippen molar-refractivity contribution < 1.29 is 4.74 Å². The number of nitrogens with two attached hydrogens (primary N) is 1. The lowest BCUT2D eigenvalue weighted by Gasteiger charge is -2.11. The summed E-state index contributed by atoms with van der Waals surface area (Å²) in [5.41, 5.74) is 6.85. The first kappa shape index (κ1) is 13.2. The third-order valence-electron chi connectivity index (χ3n) is 2.24. The summed E-state index contributed by atoms with van der Waals surface area (Å²) in [6.45, 7) is 5.02. The van der Waals surface area contributed by atoms with Crippen molar-refractivity contribution >= 4 is 17.4 Å². The molecule has 0 fully saturated rings. The maximum Gasteiger partial charge on any atom is 0.143 e. The van der Waals surface area contributed by atoms with Gasteiger partial charge in [-0.15, -0.1) is 11.8 Å². The summed E-state index contributed by atoms with van der Waals surface area (Å²) in [6.07, 6.45) is 3.45. The summed E-state index contributed by atoms with van der Waals surface area (Å²) in [6, 6.07) is 6.01. The molecule has 0 amide bonds. The van der Waals surface area contributed by atoms with Gasteiger partial charge in [0.15, 0.2) is 0 Å². The molecule has 0 aromatic heterocycles. The molecule has 0 aliphatic rings. The Morgan fingerprint density at radius 1 is 1.25 bits per heavy atom. The average molecular weight is 239 g/mol. The Morgan fingerprint density at radius 2 is 2.06 bits per heavy atom. The lowest BCUT2D eigenvalue weighted by Crippen LogP contribution is -2.00. The van der Waals surface area contributed by atoms with Crippen molar-refractivity contribution in [1.82, 2.24) is 0 Å². The molecule has 0 bridgehead atoms. The molecule has 0 aliphatic carbocycles. The minimum absolute atomic E-state index is 0.729. The summed E-state index contributed by atoms with van der Waals surface area (Å²) in [5.74, 6) is 1.95. The molecule has 0 heterocycles. The molecule has 0 unspecified atom stereocenters. The van der Waals surface area contributed by atoms with E-state index in [1.165, 1.54) is 12.8 Å². The van der Waals surface area contributed by atoms with Gasteiger partial charge in [0.05, 0.1) is 12.3 Å². The first-order valence-corrected chi connectivity index (χ1v) is 6.92. The van der Waals surface area contributed by atoms with Gasteiger partial charge in [-0.1, -0.05) is 26.3 Å². The zero-order chi connectivity index (χ0) is 11.8. The molecular weight excluding hydrogens is 218 g/mol. The summed E-state index contributed by atoms with van der Waals surface area (Å²) in [5, 5.41) is 0. The van der Waals surface area contributed by atoms with Crippen molar-refractivity contribution in [2.45, 2.75) is 38.0 Å². The fourth-order valence-electron chi connectivity index (χ4n) is 1.31. The monoisotopic (exact) mass is 239 g/mol. The second-order valence-electron chi connectivity index (χ2n) is 3.72. The lowest BCUT2D eigenvalue weighted by atomic mass is 10.3. The van der Waals surface area contributed by atoms with Crippen LogP contribution >= 0.6 is 11.8 Å². The zero-order valence-corrected chi connectivity index (χ0v) is 11.0. The Bertz CT molecular complexity index is 315. The molecule has 0 saturated carbocycles.